The Morgan fingerprint density at radius 1 is 1.05 bits per heavy atom. The molecule has 20 heavy (non-hydrogen) atoms. The number of fused-ring (bicyclic) bond motifs is 5. The van der Waals surface area contributed by atoms with Crippen molar-refractivity contribution in [3.8, 4) is 0 Å². The van der Waals surface area contributed by atoms with Gasteiger partial charge in [0, 0.05) is 12.3 Å². The molecule has 0 saturated heterocycles. The number of carbonyl (C=O) groups excluding carboxylic acids is 1. The van der Waals surface area contributed by atoms with E-state index in [1.807, 2.05) is 0 Å². The lowest BCUT2D eigenvalue weighted by atomic mass is 9.47. The van der Waals surface area contributed by atoms with E-state index < -0.39 is 0 Å². The van der Waals surface area contributed by atoms with Gasteiger partial charge in [-0.2, -0.15) is 0 Å². The fourth-order valence-electron chi connectivity index (χ4n) is 6.65. The number of carbonyl (C=O) groups is 1. The van der Waals surface area contributed by atoms with Crippen LogP contribution < -0.4 is 0 Å². The van der Waals surface area contributed by atoms with Gasteiger partial charge in [0.15, 0.2) is 0 Å². The molecule has 2 heteroatoms. The number of aliphatic hydroxyl groups excluding tert-OH is 1. The maximum atomic E-state index is 12.1. The SMILES string of the molecule is C[C@]12CC[C@H](O)C[C@@H]1CC[C@H]1[C@@H]3CCC(=O)[C@H]3CC[C@@H]12. The van der Waals surface area contributed by atoms with Crippen molar-refractivity contribution < 1.29 is 9.90 Å². The Bertz CT molecular complexity index is 418. The van der Waals surface area contributed by atoms with Crippen LogP contribution in [0.1, 0.15) is 64.7 Å². The molecule has 0 heterocycles. The number of rotatable bonds is 0. The van der Waals surface area contributed by atoms with E-state index in [0.717, 1.165) is 43.4 Å². The lowest BCUT2D eigenvalue weighted by Crippen LogP contribution is -2.51. The molecule has 0 aromatic rings. The summed E-state index contributed by atoms with van der Waals surface area (Å²) < 4.78 is 0. The molecule has 112 valence electrons. The lowest BCUT2D eigenvalue weighted by molar-refractivity contribution is -0.129. The predicted molar refractivity (Wildman–Crippen MR) is 78.1 cm³/mol. The third kappa shape index (κ3) is 1.76. The predicted octanol–water partition coefficient (Wildman–Crippen LogP) is 3.57. The Labute approximate surface area is 122 Å². The zero-order valence-corrected chi connectivity index (χ0v) is 12.7. The molecule has 4 fully saturated rings. The molecule has 4 rings (SSSR count). The second-order valence-electron chi connectivity index (χ2n) is 8.33. The van der Waals surface area contributed by atoms with Gasteiger partial charge in [-0.1, -0.05) is 6.92 Å². The van der Waals surface area contributed by atoms with Crippen molar-refractivity contribution in [2.75, 3.05) is 0 Å². The van der Waals surface area contributed by atoms with Crippen LogP contribution in [0.15, 0.2) is 0 Å². The molecule has 4 aliphatic rings. The molecule has 0 radical (unpaired) electrons. The van der Waals surface area contributed by atoms with Gasteiger partial charge >= 0.3 is 0 Å². The van der Waals surface area contributed by atoms with E-state index in [1.54, 1.807) is 0 Å². The minimum atomic E-state index is -0.0472. The maximum Gasteiger partial charge on any atom is 0.136 e. The average Bonchev–Trinajstić information content (AvgIpc) is 2.82. The summed E-state index contributed by atoms with van der Waals surface area (Å²) in [5.41, 5.74) is 0.457. The number of hydrogen-bond acceptors (Lipinski definition) is 2. The fraction of sp³-hybridized carbons (Fsp3) is 0.944. The van der Waals surface area contributed by atoms with E-state index in [9.17, 15) is 9.90 Å². The van der Waals surface area contributed by atoms with Gasteiger partial charge in [0.2, 0.25) is 0 Å². The second kappa shape index (κ2) is 4.56. The molecule has 1 N–H and O–H groups in total. The lowest BCUT2D eigenvalue weighted by Gasteiger charge is -2.58. The Kier molecular flexibility index (Phi) is 3.03. The first-order valence-electron chi connectivity index (χ1n) is 8.80. The molecule has 0 unspecified atom stereocenters. The summed E-state index contributed by atoms with van der Waals surface area (Å²) in [7, 11) is 0. The molecular formula is C18H28O2. The highest BCUT2D eigenvalue weighted by atomic mass is 16.3. The quantitative estimate of drug-likeness (QED) is 0.734. The van der Waals surface area contributed by atoms with E-state index >= 15 is 0 Å². The summed E-state index contributed by atoms with van der Waals surface area (Å²) in [6, 6.07) is 0. The van der Waals surface area contributed by atoms with Gasteiger partial charge in [-0.15, -0.1) is 0 Å². The maximum absolute atomic E-state index is 12.1. The van der Waals surface area contributed by atoms with Crippen LogP contribution in [-0.2, 0) is 4.79 Å². The molecule has 0 bridgehead atoms. The van der Waals surface area contributed by atoms with Gasteiger partial charge < -0.3 is 5.11 Å². The smallest absolute Gasteiger partial charge is 0.136 e. The van der Waals surface area contributed by atoms with Crippen molar-refractivity contribution in [3.05, 3.63) is 0 Å². The number of ketones is 1. The van der Waals surface area contributed by atoms with Gasteiger partial charge in [0.1, 0.15) is 5.78 Å². The Balaban J connectivity index is 1.61. The molecule has 0 aromatic carbocycles. The summed E-state index contributed by atoms with van der Waals surface area (Å²) in [6.07, 6.45) is 10.3. The van der Waals surface area contributed by atoms with Crippen LogP contribution in [0.4, 0.5) is 0 Å². The first kappa shape index (κ1) is 13.3. The molecule has 0 aliphatic heterocycles. The van der Waals surface area contributed by atoms with Crippen LogP contribution in [0.2, 0.25) is 0 Å². The van der Waals surface area contributed by atoms with E-state index in [4.69, 9.17) is 0 Å². The van der Waals surface area contributed by atoms with Crippen molar-refractivity contribution in [2.45, 2.75) is 70.8 Å². The first-order chi connectivity index (χ1) is 9.59. The molecule has 4 aliphatic carbocycles. The van der Waals surface area contributed by atoms with Crippen LogP contribution in [0.25, 0.3) is 0 Å². The number of hydrogen-bond donors (Lipinski definition) is 1. The summed E-state index contributed by atoms with van der Waals surface area (Å²) in [4.78, 5) is 12.1. The van der Waals surface area contributed by atoms with Gasteiger partial charge in [0.25, 0.3) is 0 Å². The summed E-state index contributed by atoms with van der Waals surface area (Å²) in [6.45, 7) is 2.51. The van der Waals surface area contributed by atoms with Crippen LogP contribution in [0.5, 0.6) is 0 Å². The molecule has 0 spiro atoms. The highest BCUT2D eigenvalue weighted by Gasteiger charge is 2.56. The molecule has 4 saturated carbocycles. The van der Waals surface area contributed by atoms with Crippen LogP contribution in [0.3, 0.4) is 0 Å². The van der Waals surface area contributed by atoms with Gasteiger partial charge in [-0.25, -0.2) is 0 Å². The third-order valence-electron chi connectivity index (χ3n) is 7.71. The Hall–Kier alpha value is -0.370. The van der Waals surface area contributed by atoms with Crippen LogP contribution >= 0.6 is 0 Å². The second-order valence-corrected chi connectivity index (χ2v) is 8.33. The van der Waals surface area contributed by atoms with Gasteiger partial charge in [-0.05, 0) is 80.5 Å². The average molecular weight is 276 g/mol. The first-order valence-corrected chi connectivity index (χ1v) is 8.80. The van der Waals surface area contributed by atoms with E-state index in [1.165, 1.54) is 32.1 Å². The van der Waals surface area contributed by atoms with Crippen LogP contribution in [0, 0.1) is 35.0 Å². The third-order valence-corrected chi connectivity index (χ3v) is 7.71. The van der Waals surface area contributed by atoms with E-state index in [0.29, 0.717) is 23.0 Å². The standard InChI is InChI=1S/C18H28O2/c1-18-9-8-12(19)10-11(18)2-3-14-13-5-7-17(20)15(13)4-6-16(14)18/h11-16,19H,2-10H2,1H3/t11-,12-,13-,14-,15-,16-,18-/m0/s1. The Morgan fingerprint density at radius 2 is 1.90 bits per heavy atom. The molecular weight excluding hydrogens is 248 g/mol. The zero-order chi connectivity index (χ0) is 13.9. The topological polar surface area (TPSA) is 37.3 Å². The Morgan fingerprint density at radius 3 is 2.75 bits per heavy atom. The summed E-state index contributed by atoms with van der Waals surface area (Å²) >= 11 is 0. The van der Waals surface area contributed by atoms with Gasteiger partial charge in [0.05, 0.1) is 6.10 Å². The fourth-order valence-corrected chi connectivity index (χ4v) is 6.65. The van der Waals surface area contributed by atoms with Crippen LogP contribution in [-0.4, -0.2) is 17.0 Å². The summed E-state index contributed by atoms with van der Waals surface area (Å²) in [5, 5.41) is 10.00. The highest BCUT2D eigenvalue weighted by molar-refractivity contribution is 5.83. The largest absolute Gasteiger partial charge is 0.393 e. The van der Waals surface area contributed by atoms with Crippen molar-refractivity contribution in [2.24, 2.45) is 35.0 Å². The normalized spacial score (nSPS) is 55.0. The van der Waals surface area contributed by atoms with Crippen molar-refractivity contribution in [3.63, 3.8) is 0 Å². The number of Topliss-reactive ketones (excluding diaryl/α,β-unsaturated/α-hetero) is 1. The highest BCUT2D eigenvalue weighted by Crippen LogP contribution is 2.62. The molecule has 2 nitrogen and oxygen atoms in total. The summed E-state index contributed by atoms with van der Waals surface area (Å²) in [5.74, 6) is 4.09. The van der Waals surface area contributed by atoms with Crippen molar-refractivity contribution in [1.29, 1.82) is 0 Å². The van der Waals surface area contributed by atoms with E-state index in [-0.39, 0.29) is 6.10 Å². The monoisotopic (exact) mass is 276 g/mol. The number of aliphatic hydroxyl groups is 1. The minimum absolute atomic E-state index is 0.0472. The van der Waals surface area contributed by atoms with Crippen molar-refractivity contribution in [1.82, 2.24) is 0 Å². The van der Waals surface area contributed by atoms with Crippen molar-refractivity contribution >= 4 is 5.78 Å². The molecule has 7 atom stereocenters. The minimum Gasteiger partial charge on any atom is -0.393 e. The van der Waals surface area contributed by atoms with Gasteiger partial charge in [-0.3, -0.25) is 4.79 Å². The zero-order valence-electron chi connectivity index (χ0n) is 12.7. The molecule has 0 aromatic heterocycles. The van der Waals surface area contributed by atoms with E-state index in [2.05, 4.69) is 6.92 Å². The molecule has 0 amide bonds.